The highest BCUT2D eigenvalue weighted by atomic mass is 32.2. The largest absolute Gasteiger partial charge is 0.481 e. The number of hydrogen-bond donors (Lipinski definition) is 1. The van der Waals surface area contributed by atoms with E-state index in [-0.39, 0.29) is 16.4 Å². The molecule has 0 atom stereocenters. The highest BCUT2D eigenvalue weighted by Crippen LogP contribution is 2.24. The minimum absolute atomic E-state index is 0.0143. The molecule has 0 saturated carbocycles. The van der Waals surface area contributed by atoms with Gasteiger partial charge in [-0.25, -0.2) is 13.2 Å². The zero-order chi connectivity index (χ0) is 12.9. The minimum Gasteiger partial charge on any atom is -0.481 e. The summed E-state index contributed by atoms with van der Waals surface area (Å²) in [5.41, 5.74) is 0. The van der Waals surface area contributed by atoms with Crippen molar-refractivity contribution in [2.75, 3.05) is 12.4 Å². The number of ether oxygens (including phenoxy) is 1. The second kappa shape index (κ2) is 5.67. The lowest BCUT2D eigenvalue weighted by molar-refractivity contribution is -0.139. The minimum atomic E-state index is -3.41. The van der Waals surface area contributed by atoms with E-state index >= 15 is 0 Å². The van der Waals surface area contributed by atoms with E-state index in [1.54, 1.807) is 19.1 Å². The van der Waals surface area contributed by atoms with Crippen molar-refractivity contribution >= 4 is 15.8 Å². The molecular weight excluding hydrogens is 244 g/mol. The van der Waals surface area contributed by atoms with Gasteiger partial charge in [0.2, 0.25) is 0 Å². The van der Waals surface area contributed by atoms with Gasteiger partial charge in [-0.1, -0.05) is 19.1 Å². The Kier molecular flexibility index (Phi) is 4.51. The first-order valence-corrected chi connectivity index (χ1v) is 6.79. The Bertz CT molecular complexity index is 492. The molecule has 0 aliphatic heterocycles. The molecule has 1 rings (SSSR count). The van der Waals surface area contributed by atoms with E-state index in [1.807, 2.05) is 0 Å². The summed E-state index contributed by atoms with van der Waals surface area (Å²) >= 11 is 0. The van der Waals surface area contributed by atoms with E-state index in [1.165, 1.54) is 12.1 Å². The first kappa shape index (κ1) is 13.5. The second-order valence-corrected chi connectivity index (χ2v) is 5.53. The zero-order valence-corrected chi connectivity index (χ0v) is 10.2. The molecular formula is C11H14O5S. The normalized spacial score (nSPS) is 11.1. The molecule has 1 N–H and O–H groups in total. The summed E-state index contributed by atoms with van der Waals surface area (Å²) in [5.74, 6) is -1.04. The molecule has 5 nitrogen and oxygen atoms in total. The molecule has 0 aliphatic carbocycles. The molecule has 0 aliphatic rings. The van der Waals surface area contributed by atoms with Crippen LogP contribution in [0.25, 0.3) is 0 Å². The van der Waals surface area contributed by atoms with Crippen LogP contribution in [0, 0.1) is 0 Å². The monoisotopic (exact) mass is 258 g/mol. The Balaban J connectivity index is 3.03. The molecule has 0 bridgehead atoms. The quantitative estimate of drug-likeness (QED) is 0.832. The van der Waals surface area contributed by atoms with Gasteiger partial charge in [-0.3, -0.25) is 0 Å². The predicted molar refractivity (Wildman–Crippen MR) is 61.9 cm³/mol. The number of carbonyl (C=O) groups is 1. The molecule has 0 saturated heterocycles. The Morgan fingerprint density at radius 3 is 2.59 bits per heavy atom. The topological polar surface area (TPSA) is 80.7 Å². The van der Waals surface area contributed by atoms with Gasteiger partial charge >= 0.3 is 5.97 Å². The lowest BCUT2D eigenvalue weighted by atomic mass is 10.3. The lowest BCUT2D eigenvalue weighted by Crippen LogP contribution is -2.13. The number of rotatable bonds is 6. The van der Waals surface area contributed by atoms with Gasteiger partial charge in [-0.2, -0.15) is 0 Å². The molecule has 0 unspecified atom stereocenters. The maximum Gasteiger partial charge on any atom is 0.341 e. The van der Waals surface area contributed by atoms with Crippen molar-refractivity contribution in [2.45, 2.75) is 18.2 Å². The summed E-state index contributed by atoms with van der Waals surface area (Å²) in [5, 5.41) is 8.50. The first-order chi connectivity index (χ1) is 7.97. The van der Waals surface area contributed by atoms with Crippen molar-refractivity contribution in [3.05, 3.63) is 24.3 Å². The second-order valence-electron chi connectivity index (χ2n) is 3.45. The molecule has 0 amide bonds. The SMILES string of the molecule is CCCS(=O)(=O)c1ccccc1OCC(=O)O. The summed E-state index contributed by atoms with van der Waals surface area (Å²) in [6.07, 6.45) is 0.496. The number of aliphatic carboxylic acids is 1. The van der Waals surface area contributed by atoms with Crippen molar-refractivity contribution < 1.29 is 23.1 Å². The fourth-order valence-electron chi connectivity index (χ4n) is 1.34. The highest BCUT2D eigenvalue weighted by molar-refractivity contribution is 7.91. The van der Waals surface area contributed by atoms with Gasteiger partial charge in [0.05, 0.1) is 5.75 Å². The van der Waals surface area contributed by atoms with Crippen LogP contribution >= 0.6 is 0 Å². The summed E-state index contributed by atoms with van der Waals surface area (Å²) in [6, 6.07) is 6.05. The number of hydrogen-bond acceptors (Lipinski definition) is 4. The van der Waals surface area contributed by atoms with Gasteiger partial charge in [0, 0.05) is 0 Å². The summed E-state index contributed by atoms with van der Waals surface area (Å²) in [4.78, 5) is 10.4. The third-order valence-corrected chi connectivity index (χ3v) is 3.96. The van der Waals surface area contributed by atoms with Gasteiger partial charge in [0.1, 0.15) is 10.6 Å². The molecule has 6 heteroatoms. The van der Waals surface area contributed by atoms with Gasteiger partial charge in [0.15, 0.2) is 16.4 Å². The fourth-order valence-corrected chi connectivity index (χ4v) is 2.82. The van der Waals surface area contributed by atoms with Crippen LogP contribution in [0.2, 0.25) is 0 Å². The third kappa shape index (κ3) is 3.74. The Labute approximate surface area is 100.0 Å². The van der Waals surface area contributed by atoms with E-state index in [4.69, 9.17) is 9.84 Å². The van der Waals surface area contributed by atoms with Gasteiger partial charge in [0.25, 0.3) is 0 Å². The summed E-state index contributed by atoms with van der Waals surface area (Å²) < 4.78 is 28.7. The van der Waals surface area contributed by atoms with Crippen LogP contribution < -0.4 is 4.74 Å². The van der Waals surface area contributed by atoms with Crippen LogP contribution in [-0.2, 0) is 14.6 Å². The summed E-state index contributed by atoms with van der Waals surface area (Å²) in [7, 11) is -3.41. The predicted octanol–water partition coefficient (Wildman–Crippen LogP) is 1.33. The highest BCUT2D eigenvalue weighted by Gasteiger charge is 2.18. The molecule has 1 aromatic rings. The van der Waals surface area contributed by atoms with Crippen LogP contribution in [-0.4, -0.2) is 31.9 Å². The average molecular weight is 258 g/mol. The van der Waals surface area contributed by atoms with Gasteiger partial charge in [-0.15, -0.1) is 0 Å². The maximum absolute atomic E-state index is 11.9. The van der Waals surface area contributed by atoms with Crippen molar-refractivity contribution in [2.24, 2.45) is 0 Å². The molecule has 0 aromatic heterocycles. The average Bonchev–Trinajstić information content (AvgIpc) is 2.26. The van der Waals surface area contributed by atoms with Crippen molar-refractivity contribution in [1.29, 1.82) is 0 Å². The number of carboxylic acid groups (broad SMARTS) is 1. The van der Waals surface area contributed by atoms with E-state index in [0.717, 1.165) is 0 Å². The smallest absolute Gasteiger partial charge is 0.341 e. The molecule has 1 aromatic carbocycles. The van der Waals surface area contributed by atoms with Gasteiger partial charge < -0.3 is 9.84 Å². The number of sulfone groups is 1. The van der Waals surface area contributed by atoms with Crippen molar-refractivity contribution in [1.82, 2.24) is 0 Å². The summed E-state index contributed by atoms with van der Waals surface area (Å²) in [6.45, 7) is 1.21. The maximum atomic E-state index is 11.9. The standard InChI is InChI=1S/C11H14O5S/c1-2-7-17(14,15)10-6-4-3-5-9(10)16-8-11(12)13/h3-6H,2,7-8H2,1H3,(H,12,13). The Morgan fingerprint density at radius 1 is 1.35 bits per heavy atom. The zero-order valence-electron chi connectivity index (χ0n) is 9.42. The molecule has 0 spiro atoms. The van der Waals surface area contributed by atoms with Crippen LogP contribution in [0.4, 0.5) is 0 Å². The molecule has 0 radical (unpaired) electrons. The van der Waals surface area contributed by atoms with Crippen LogP contribution in [0.15, 0.2) is 29.2 Å². The molecule has 0 fully saturated rings. The van der Waals surface area contributed by atoms with E-state index in [9.17, 15) is 13.2 Å². The van der Waals surface area contributed by atoms with Crippen LogP contribution in [0.5, 0.6) is 5.75 Å². The van der Waals surface area contributed by atoms with E-state index in [0.29, 0.717) is 6.42 Å². The first-order valence-electron chi connectivity index (χ1n) is 5.13. The van der Waals surface area contributed by atoms with Crippen molar-refractivity contribution in [3.8, 4) is 5.75 Å². The molecule has 0 heterocycles. The van der Waals surface area contributed by atoms with E-state index < -0.39 is 22.4 Å². The van der Waals surface area contributed by atoms with Crippen molar-refractivity contribution in [3.63, 3.8) is 0 Å². The molecule has 17 heavy (non-hydrogen) atoms. The number of para-hydroxylation sites is 1. The molecule has 94 valence electrons. The number of carboxylic acids is 1. The van der Waals surface area contributed by atoms with E-state index in [2.05, 4.69) is 0 Å². The Hall–Kier alpha value is -1.56. The van der Waals surface area contributed by atoms with Gasteiger partial charge in [-0.05, 0) is 18.6 Å². The third-order valence-electron chi connectivity index (χ3n) is 2.01. The number of benzene rings is 1. The Morgan fingerprint density at radius 2 is 2.00 bits per heavy atom. The lowest BCUT2D eigenvalue weighted by Gasteiger charge is -2.09. The fraction of sp³-hybridized carbons (Fsp3) is 0.364. The van der Waals surface area contributed by atoms with Crippen LogP contribution in [0.1, 0.15) is 13.3 Å². The van der Waals surface area contributed by atoms with Crippen LogP contribution in [0.3, 0.4) is 0 Å².